The summed E-state index contributed by atoms with van der Waals surface area (Å²) < 4.78 is 16.5. The Morgan fingerprint density at radius 3 is 2.59 bits per heavy atom. The van der Waals surface area contributed by atoms with Gasteiger partial charge < -0.3 is 24.1 Å². The molecule has 1 saturated heterocycles. The number of nitrogens with one attached hydrogen (secondary N) is 1. The number of furan rings is 1. The van der Waals surface area contributed by atoms with Gasteiger partial charge in [0.1, 0.15) is 17.0 Å². The number of morpholine rings is 1. The molecule has 172 valence electrons. The van der Waals surface area contributed by atoms with Gasteiger partial charge in [0.05, 0.1) is 20.3 Å². The van der Waals surface area contributed by atoms with Gasteiger partial charge in [-0.3, -0.25) is 9.59 Å². The van der Waals surface area contributed by atoms with E-state index in [2.05, 4.69) is 5.32 Å². The molecular formula is C27H24N2O5. The average Bonchev–Trinajstić information content (AvgIpc) is 3.25. The Morgan fingerprint density at radius 2 is 1.76 bits per heavy atom. The summed E-state index contributed by atoms with van der Waals surface area (Å²) in [6.45, 7) is 1.93. The average molecular weight is 456 g/mol. The number of anilines is 1. The maximum Gasteiger partial charge on any atom is 0.291 e. The van der Waals surface area contributed by atoms with Gasteiger partial charge in [-0.1, -0.05) is 30.3 Å². The number of rotatable bonds is 5. The van der Waals surface area contributed by atoms with Gasteiger partial charge in [-0.25, -0.2) is 0 Å². The van der Waals surface area contributed by atoms with Crippen molar-refractivity contribution in [3.63, 3.8) is 0 Å². The molecule has 0 aliphatic carbocycles. The Labute approximate surface area is 196 Å². The highest BCUT2D eigenvalue weighted by Crippen LogP contribution is 2.32. The first-order valence-electron chi connectivity index (χ1n) is 11.1. The fourth-order valence-electron chi connectivity index (χ4n) is 4.04. The van der Waals surface area contributed by atoms with Crippen LogP contribution < -0.4 is 10.1 Å². The Bertz CT molecular complexity index is 1400. The maximum absolute atomic E-state index is 13.1. The smallest absolute Gasteiger partial charge is 0.291 e. The van der Waals surface area contributed by atoms with E-state index in [1.807, 2.05) is 54.6 Å². The lowest BCUT2D eigenvalue weighted by Crippen LogP contribution is -2.40. The minimum atomic E-state index is -0.350. The fraction of sp³-hybridized carbons (Fsp3) is 0.185. The lowest BCUT2D eigenvalue weighted by molar-refractivity contribution is -0.111. The molecule has 3 aromatic carbocycles. The van der Waals surface area contributed by atoms with E-state index in [0.717, 1.165) is 22.1 Å². The van der Waals surface area contributed by atoms with E-state index in [1.54, 1.807) is 24.2 Å². The van der Waals surface area contributed by atoms with E-state index >= 15 is 0 Å². The summed E-state index contributed by atoms with van der Waals surface area (Å²) in [7, 11) is 1.64. The molecule has 0 saturated carbocycles. The maximum atomic E-state index is 13.1. The van der Waals surface area contributed by atoms with E-state index in [1.165, 1.54) is 6.08 Å². The third-order valence-corrected chi connectivity index (χ3v) is 5.83. The van der Waals surface area contributed by atoms with Gasteiger partial charge in [-0.05, 0) is 52.7 Å². The number of fused-ring (bicyclic) bond motifs is 2. The normalized spacial score (nSPS) is 14.1. The van der Waals surface area contributed by atoms with E-state index in [0.29, 0.717) is 43.0 Å². The molecule has 0 spiro atoms. The molecule has 1 fully saturated rings. The van der Waals surface area contributed by atoms with Crippen LogP contribution in [0.4, 0.5) is 5.69 Å². The minimum absolute atomic E-state index is 0.129. The predicted molar refractivity (Wildman–Crippen MR) is 131 cm³/mol. The molecule has 7 nitrogen and oxygen atoms in total. The van der Waals surface area contributed by atoms with Crippen molar-refractivity contribution in [3.05, 3.63) is 78.1 Å². The third-order valence-electron chi connectivity index (χ3n) is 5.83. The van der Waals surface area contributed by atoms with Crippen LogP contribution in [-0.4, -0.2) is 50.1 Å². The number of carbonyl (C=O) groups is 2. The molecule has 2 heterocycles. The molecule has 1 aromatic heterocycles. The summed E-state index contributed by atoms with van der Waals surface area (Å²) >= 11 is 0. The highest BCUT2D eigenvalue weighted by molar-refractivity contribution is 6.13. The zero-order chi connectivity index (χ0) is 23.5. The fourth-order valence-corrected chi connectivity index (χ4v) is 4.04. The molecular weight excluding hydrogens is 432 g/mol. The van der Waals surface area contributed by atoms with Gasteiger partial charge >= 0.3 is 0 Å². The molecule has 5 rings (SSSR count). The van der Waals surface area contributed by atoms with Crippen molar-refractivity contribution in [2.75, 3.05) is 38.7 Å². The largest absolute Gasteiger partial charge is 0.497 e. The van der Waals surface area contributed by atoms with Crippen LogP contribution in [0.25, 0.3) is 27.8 Å². The summed E-state index contributed by atoms with van der Waals surface area (Å²) in [4.78, 5) is 27.6. The van der Waals surface area contributed by atoms with Crippen LogP contribution in [0.1, 0.15) is 16.1 Å². The second kappa shape index (κ2) is 9.41. The minimum Gasteiger partial charge on any atom is -0.497 e. The van der Waals surface area contributed by atoms with Gasteiger partial charge in [0.15, 0.2) is 0 Å². The molecule has 0 unspecified atom stereocenters. The monoisotopic (exact) mass is 456 g/mol. The molecule has 4 aromatic rings. The summed E-state index contributed by atoms with van der Waals surface area (Å²) in [5.41, 5.74) is 1.81. The number of hydrogen-bond donors (Lipinski definition) is 1. The number of carbonyl (C=O) groups excluding carboxylic acids is 2. The molecule has 7 heteroatoms. The van der Waals surface area contributed by atoms with Crippen molar-refractivity contribution in [3.8, 4) is 5.75 Å². The van der Waals surface area contributed by atoms with Crippen LogP contribution in [0.2, 0.25) is 0 Å². The summed E-state index contributed by atoms with van der Waals surface area (Å²) in [6, 6.07) is 19.0. The number of methoxy groups -OCH3 is 1. The Balaban J connectivity index is 1.39. The van der Waals surface area contributed by atoms with E-state index in [4.69, 9.17) is 13.9 Å². The van der Waals surface area contributed by atoms with Crippen LogP contribution >= 0.6 is 0 Å². The first kappa shape index (κ1) is 21.7. The number of benzene rings is 3. The van der Waals surface area contributed by atoms with Crippen molar-refractivity contribution in [2.45, 2.75) is 0 Å². The van der Waals surface area contributed by atoms with Crippen LogP contribution in [0.5, 0.6) is 5.75 Å². The zero-order valence-corrected chi connectivity index (χ0v) is 18.7. The molecule has 0 bridgehead atoms. The molecule has 1 aliphatic rings. The number of ether oxygens (including phenoxy) is 2. The zero-order valence-electron chi connectivity index (χ0n) is 18.7. The highest BCUT2D eigenvalue weighted by Gasteiger charge is 2.27. The molecule has 1 aliphatic heterocycles. The standard InChI is InChI=1S/C27H24N2O5/c1-32-21-10-9-19-16-18(6-8-20(19)17-21)7-11-24(30)28-25-22-4-2-3-5-23(22)34-26(25)27(31)29-12-14-33-15-13-29/h2-11,16-17H,12-15H2,1H3,(H,28,30)/b11-7+. The Hall–Kier alpha value is -4.10. The van der Waals surface area contributed by atoms with Gasteiger partial charge in [0.2, 0.25) is 11.7 Å². The molecule has 0 atom stereocenters. The lowest BCUT2D eigenvalue weighted by atomic mass is 10.1. The molecule has 34 heavy (non-hydrogen) atoms. The predicted octanol–water partition coefficient (Wildman–Crippen LogP) is 4.72. The first-order chi connectivity index (χ1) is 16.6. The van der Waals surface area contributed by atoms with E-state index < -0.39 is 0 Å². The van der Waals surface area contributed by atoms with Gasteiger partial charge in [0, 0.05) is 24.6 Å². The first-order valence-corrected chi connectivity index (χ1v) is 11.1. The Kier molecular flexibility index (Phi) is 6.01. The topological polar surface area (TPSA) is 81.0 Å². The van der Waals surface area contributed by atoms with Crippen LogP contribution in [0, 0.1) is 0 Å². The molecule has 1 N–H and O–H groups in total. The number of nitrogens with zero attached hydrogens (tertiary/aromatic N) is 1. The third kappa shape index (κ3) is 4.38. The van der Waals surface area contributed by atoms with E-state index in [9.17, 15) is 9.59 Å². The number of amides is 2. The lowest BCUT2D eigenvalue weighted by Gasteiger charge is -2.26. The van der Waals surface area contributed by atoms with Gasteiger partial charge in [-0.2, -0.15) is 0 Å². The van der Waals surface area contributed by atoms with Crippen molar-refractivity contribution >= 4 is 45.3 Å². The summed E-state index contributed by atoms with van der Waals surface area (Å²) in [6.07, 6.45) is 3.19. The summed E-state index contributed by atoms with van der Waals surface area (Å²) in [5, 5.41) is 5.64. The van der Waals surface area contributed by atoms with Gasteiger partial charge in [-0.15, -0.1) is 0 Å². The summed E-state index contributed by atoms with van der Waals surface area (Å²) in [5.74, 6) is 0.315. The SMILES string of the molecule is COc1ccc2cc(/C=C/C(=O)Nc3c(C(=O)N4CCOCC4)oc4ccccc34)ccc2c1. The molecule has 2 amide bonds. The van der Waals surface area contributed by atoms with Crippen molar-refractivity contribution < 1.29 is 23.5 Å². The van der Waals surface area contributed by atoms with E-state index in [-0.39, 0.29) is 17.6 Å². The number of para-hydroxylation sites is 1. The highest BCUT2D eigenvalue weighted by atomic mass is 16.5. The number of hydrogen-bond acceptors (Lipinski definition) is 5. The molecule has 0 radical (unpaired) electrons. The van der Waals surface area contributed by atoms with Crippen molar-refractivity contribution in [2.24, 2.45) is 0 Å². The van der Waals surface area contributed by atoms with Crippen LogP contribution in [0.15, 0.2) is 71.2 Å². The van der Waals surface area contributed by atoms with Crippen molar-refractivity contribution in [1.29, 1.82) is 0 Å². The van der Waals surface area contributed by atoms with Crippen LogP contribution in [0.3, 0.4) is 0 Å². The quantitative estimate of drug-likeness (QED) is 0.440. The van der Waals surface area contributed by atoms with Crippen molar-refractivity contribution in [1.82, 2.24) is 4.90 Å². The second-order valence-corrected chi connectivity index (χ2v) is 8.00. The van der Waals surface area contributed by atoms with Crippen LogP contribution in [-0.2, 0) is 9.53 Å². The van der Waals surface area contributed by atoms with Gasteiger partial charge in [0.25, 0.3) is 5.91 Å². The Morgan fingerprint density at radius 1 is 1.00 bits per heavy atom. The second-order valence-electron chi connectivity index (χ2n) is 8.00.